The predicted octanol–water partition coefficient (Wildman–Crippen LogP) is 2.75. The molecule has 1 N–H and O–H groups in total. The van der Waals surface area contributed by atoms with Crippen LogP contribution in [0.15, 0.2) is 24.3 Å². The van der Waals surface area contributed by atoms with Crippen molar-refractivity contribution in [3.05, 3.63) is 39.1 Å². The largest absolute Gasteiger partial charge is 0.376 e. The van der Waals surface area contributed by atoms with Gasteiger partial charge in [-0.15, -0.1) is 0 Å². The third kappa shape index (κ3) is 1.76. The number of benzene rings is 1. The van der Waals surface area contributed by atoms with Crippen LogP contribution in [0, 0.1) is 3.57 Å². The van der Waals surface area contributed by atoms with Gasteiger partial charge in [0.25, 0.3) is 0 Å². The number of fused-ring (bicyclic) bond motifs is 1. The van der Waals surface area contributed by atoms with E-state index in [1.165, 1.54) is 14.8 Å². The summed E-state index contributed by atoms with van der Waals surface area (Å²) in [4.78, 5) is 0. The Labute approximate surface area is 107 Å². The Balaban J connectivity index is 2.06. The third-order valence-electron chi connectivity index (χ3n) is 2.81. The van der Waals surface area contributed by atoms with Crippen LogP contribution in [-0.4, -0.2) is 16.8 Å². The Morgan fingerprint density at radius 3 is 2.88 bits per heavy atom. The second kappa shape index (κ2) is 4.18. The highest BCUT2D eigenvalue weighted by molar-refractivity contribution is 14.1. The normalized spacial score (nSPS) is 14.8. The van der Waals surface area contributed by atoms with Gasteiger partial charge in [0.15, 0.2) is 0 Å². The second-order valence-corrected chi connectivity index (χ2v) is 5.08. The fraction of sp³-hybridized carbons (Fsp3) is 0.250. The van der Waals surface area contributed by atoms with Gasteiger partial charge in [-0.05, 0) is 34.7 Å². The molecule has 16 heavy (non-hydrogen) atoms. The Morgan fingerprint density at radius 1 is 1.25 bits per heavy atom. The van der Waals surface area contributed by atoms with E-state index in [1.807, 2.05) is 0 Å². The summed E-state index contributed by atoms with van der Waals surface area (Å²) in [6.45, 7) is 1.47. The van der Waals surface area contributed by atoms with Gasteiger partial charge >= 0.3 is 0 Å². The minimum atomic E-state index is 0.674. The Bertz CT molecular complexity index is 504. The molecule has 0 unspecified atom stereocenters. The van der Waals surface area contributed by atoms with E-state index in [0.29, 0.717) is 6.61 Å². The minimum Gasteiger partial charge on any atom is -0.376 e. The van der Waals surface area contributed by atoms with Crippen molar-refractivity contribution < 1.29 is 4.74 Å². The average molecular weight is 326 g/mol. The summed E-state index contributed by atoms with van der Waals surface area (Å²) in [6.07, 6.45) is 0.937. The standard InChI is InChI=1S/C12H11IN2O/c13-9-3-1-8(2-4-9)12-10-7-16-6-5-11(10)14-15-12/h1-4H,5-7H2,(H,14,15). The summed E-state index contributed by atoms with van der Waals surface area (Å²) in [5, 5.41) is 7.50. The number of halogens is 1. The van der Waals surface area contributed by atoms with Gasteiger partial charge < -0.3 is 4.74 Å². The molecule has 0 radical (unpaired) electrons. The first-order valence-electron chi connectivity index (χ1n) is 5.24. The van der Waals surface area contributed by atoms with E-state index >= 15 is 0 Å². The quantitative estimate of drug-likeness (QED) is 0.819. The number of H-pyrrole nitrogens is 1. The first-order chi connectivity index (χ1) is 7.84. The van der Waals surface area contributed by atoms with Crippen molar-refractivity contribution in [1.82, 2.24) is 10.2 Å². The Morgan fingerprint density at radius 2 is 2.06 bits per heavy atom. The number of hydrogen-bond acceptors (Lipinski definition) is 2. The van der Waals surface area contributed by atoms with Crippen LogP contribution in [-0.2, 0) is 17.8 Å². The molecule has 1 aliphatic heterocycles. The van der Waals surface area contributed by atoms with Crippen molar-refractivity contribution in [2.24, 2.45) is 0 Å². The van der Waals surface area contributed by atoms with E-state index in [4.69, 9.17) is 4.74 Å². The maximum absolute atomic E-state index is 5.48. The van der Waals surface area contributed by atoms with E-state index in [-0.39, 0.29) is 0 Å². The molecule has 0 aliphatic carbocycles. The lowest BCUT2D eigenvalue weighted by molar-refractivity contribution is 0.110. The summed E-state index contributed by atoms with van der Waals surface area (Å²) in [6, 6.07) is 8.40. The van der Waals surface area contributed by atoms with Gasteiger partial charge in [0, 0.05) is 26.8 Å². The van der Waals surface area contributed by atoms with Crippen LogP contribution in [0.1, 0.15) is 11.3 Å². The van der Waals surface area contributed by atoms with Crippen LogP contribution < -0.4 is 0 Å². The van der Waals surface area contributed by atoms with Gasteiger partial charge in [-0.2, -0.15) is 5.10 Å². The van der Waals surface area contributed by atoms with E-state index < -0.39 is 0 Å². The lowest BCUT2D eigenvalue weighted by atomic mass is 10.0. The highest BCUT2D eigenvalue weighted by atomic mass is 127. The number of rotatable bonds is 1. The maximum atomic E-state index is 5.48. The molecule has 82 valence electrons. The highest BCUT2D eigenvalue weighted by Crippen LogP contribution is 2.27. The fourth-order valence-electron chi connectivity index (χ4n) is 1.96. The molecule has 0 saturated heterocycles. The van der Waals surface area contributed by atoms with Crippen molar-refractivity contribution in [3.63, 3.8) is 0 Å². The second-order valence-electron chi connectivity index (χ2n) is 3.84. The summed E-state index contributed by atoms with van der Waals surface area (Å²) in [7, 11) is 0. The molecule has 1 aromatic carbocycles. The summed E-state index contributed by atoms with van der Waals surface area (Å²) in [5.74, 6) is 0. The number of aromatic nitrogens is 2. The van der Waals surface area contributed by atoms with Gasteiger partial charge in [-0.1, -0.05) is 12.1 Å². The molecule has 2 aromatic rings. The molecule has 1 aromatic heterocycles. The molecule has 4 heteroatoms. The minimum absolute atomic E-state index is 0.674. The van der Waals surface area contributed by atoms with Gasteiger partial charge in [-0.25, -0.2) is 0 Å². The zero-order chi connectivity index (χ0) is 11.0. The van der Waals surface area contributed by atoms with E-state index in [1.54, 1.807) is 0 Å². The molecule has 0 saturated carbocycles. The molecule has 0 amide bonds. The zero-order valence-corrected chi connectivity index (χ0v) is 10.8. The van der Waals surface area contributed by atoms with Crippen molar-refractivity contribution >= 4 is 22.6 Å². The van der Waals surface area contributed by atoms with Crippen molar-refractivity contribution in [2.45, 2.75) is 13.0 Å². The Kier molecular flexibility index (Phi) is 2.69. The number of ether oxygens (including phenoxy) is 1. The molecule has 2 heterocycles. The summed E-state index contributed by atoms with van der Waals surface area (Å²) < 4.78 is 6.72. The lowest BCUT2D eigenvalue weighted by Crippen LogP contribution is -2.08. The number of hydrogen-bond donors (Lipinski definition) is 1. The van der Waals surface area contributed by atoms with Gasteiger partial charge in [-0.3, -0.25) is 5.10 Å². The number of aromatic amines is 1. The number of nitrogens with zero attached hydrogens (tertiary/aromatic N) is 1. The summed E-state index contributed by atoms with van der Waals surface area (Å²) >= 11 is 2.30. The van der Waals surface area contributed by atoms with Crippen molar-refractivity contribution in [3.8, 4) is 11.3 Å². The molecule has 0 atom stereocenters. The predicted molar refractivity (Wildman–Crippen MR) is 70.1 cm³/mol. The van der Waals surface area contributed by atoms with Crippen LogP contribution >= 0.6 is 22.6 Å². The topological polar surface area (TPSA) is 37.9 Å². The van der Waals surface area contributed by atoms with Gasteiger partial charge in [0.05, 0.1) is 18.9 Å². The molecular weight excluding hydrogens is 315 g/mol. The van der Waals surface area contributed by atoms with E-state index in [0.717, 1.165) is 24.3 Å². The zero-order valence-electron chi connectivity index (χ0n) is 8.66. The van der Waals surface area contributed by atoms with Gasteiger partial charge in [0.2, 0.25) is 0 Å². The first kappa shape index (κ1) is 10.3. The smallest absolute Gasteiger partial charge is 0.0978 e. The van der Waals surface area contributed by atoms with Crippen LogP contribution in [0.25, 0.3) is 11.3 Å². The average Bonchev–Trinajstić information content (AvgIpc) is 2.74. The molecule has 0 fully saturated rings. The number of nitrogens with one attached hydrogen (secondary N) is 1. The summed E-state index contributed by atoms with van der Waals surface area (Å²) in [5.41, 5.74) is 4.63. The maximum Gasteiger partial charge on any atom is 0.0978 e. The van der Waals surface area contributed by atoms with Crippen LogP contribution in [0.5, 0.6) is 0 Å². The van der Waals surface area contributed by atoms with E-state index in [2.05, 4.69) is 57.1 Å². The van der Waals surface area contributed by atoms with Crippen LogP contribution in [0.2, 0.25) is 0 Å². The first-order valence-corrected chi connectivity index (χ1v) is 6.32. The molecule has 0 bridgehead atoms. The molecule has 1 aliphatic rings. The van der Waals surface area contributed by atoms with Crippen LogP contribution in [0.3, 0.4) is 0 Å². The third-order valence-corrected chi connectivity index (χ3v) is 3.53. The fourth-order valence-corrected chi connectivity index (χ4v) is 2.32. The highest BCUT2D eigenvalue weighted by Gasteiger charge is 2.17. The van der Waals surface area contributed by atoms with Gasteiger partial charge in [0.1, 0.15) is 0 Å². The van der Waals surface area contributed by atoms with E-state index in [9.17, 15) is 0 Å². The lowest BCUT2D eigenvalue weighted by Gasteiger charge is -2.12. The molecular formula is C12H11IN2O. The molecule has 0 spiro atoms. The monoisotopic (exact) mass is 326 g/mol. The van der Waals surface area contributed by atoms with Crippen molar-refractivity contribution in [2.75, 3.05) is 6.61 Å². The molecule has 3 nitrogen and oxygen atoms in total. The SMILES string of the molecule is Ic1ccc(-c2n[nH]c3c2COCC3)cc1. The van der Waals surface area contributed by atoms with Crippen molar-refractivity contribution in [1.29, 1.82) is 0 Å². The van der Waals surface area contributed by atoms with Crippen LogP contribution in [0.4, 0.5) is 0 Å². The Hall–Kier alpha value is -0.880. The molecule has 3 rings (SSSR count).